The van der Waals surface area contributed by atoms with Gasteiger partial charge in [-0.25, -0.2) is 8.42 Å². The molecule has 1 fully saturated rings. The maximum atomic E-state index is 12.9. The predicted molar refractivity (Wildman–Crippen MR) is 112 cm³/mol. The molecule has 0 radical (unpaired) electrons. The van der Waals surface area contributed by atoms with E-state index in [9.17, 15) is 23.3 Å². The first kappa shape index (κ1) is 22.8. The summed E-state index contributed by atoms with van der Waals surface area (Å²) in [5.74, 6) is -0.940. The van der Waals surface area contributed by atoms with Crippen molar-refractivity contribution in [3.8, 4) is 5.75 Å². The van der Waals surface area contributed by atoms with E-state index < -0.39 is 26.8 Å². The highest BCUT2D eigenvalue weighted by Gasteiger charge is 2.35. The lowest BCUT2D eigenvalue weighted by atomic mass is 9.98. The molecule has 160 valence electrons. The molecule has 0 unspecified atom stereocenters. The minimum absolute atomic E-state index is 0.0321. The number of carbonyl (C=O) groups is 1. The molecule has 0 spiro atoms. The Balaban J connectivity index is 1.70. The van der Waals surface area contributed by atoms with E-state index in [4.69, 9.17) is 39.5 Å². The van der Waals surface area contributed by atoms with E-state index in [0.717, 1.165) is 16.4 Å². The third-order valence-electron chi connectivity index (χ3n) is 4.66. The first-order chi connectivity index (χ1) is 14.1. The molecule has 0 saturated carbocycles. The fourth-order valence-corrected chi connectivity index (χ4v) is 5.32. The molecule has 0 N–H and O–H groups in total. The Morgan fingerprint density at radius 3 is 2.40 bits per heavy atom. The van der Waals surface area contributed by atoms with Gasteiger partial charge >= 0.3 is 5.97 Å². The summed E-state index contributed by atoms with van der Waals surface area (Å²) < 4.78 is 32.3. The number of sulfonamides is 1. The van der Waals surface area contributed by atoms with Crippen LogP contribution in [0.15, 0.2) is 41.3 Å². The fraction of sp³-hybridized carbons (Fsp3) is 0.278. The molecular weight excluding hydrogens is 479 g/mol. The summed E-state index contributed by atoms with van der Waals surface area (Å²) in [7, 11) is -4.06. The minimum Gasteiger partial charge on any atom is -0.425 e. The molecule has 1 aliphatic heterocycles. The molecule has 2 aromatic rings. The van der Waals surface area contributed by atoms with Gasteiger partial charge in [0.1, 0.15) is 9.92 Å². The number of esters is 1. The minimum atomic E-state index is -4.06. The molecule has 0 atom stereocenters. The van der Waals surface area contributed by atoms with Gasteiger partial charge in [0, 0.05) is 25.2 Å². The number of piperidine rings is 1. The van der Waals surface area contributed by atoms with Crippen LogP contribution in [0.25, 0.3) is 0 Å². The van der Waals surface area contributed by atoms with Gasteiger partial charge in [0.2, 0.25) is 10.0 Å². The molecule has 1 heterocycles. The number of non-ortho nitro benzene ring substituents is 1. The van der Waals surface area contributed by atoms with Crippen molar-refractivity contribution in [1.29, 1.82) is 0 Å². The summed E-state index contributed by atoms with van der Waals surface area (Å²) in [5.41, 5.74) is -0.380. The van der Waals surface area contributed by atoms with Gasteiger partial charge in [0.15, 0.2) is 5.75 Å². The van der Waals surface area contributed by atoms with E-state index in [-0.39, 0.29) is 57.3 Å². The van der Waals surface area contributed by atoms with Gasteiger partial charge in [0.05, 0.1) is 20.9 Å². The first-order valence-electron chi connectivity index (χ1n) is 8.71. The lowest BCUT2D eigenvalue weighted by Crippen LogP contribution is -2.41. The molecular formula is C18H15Cl3N2O6S. The van der Waals surface area contributed by atoms with Gasteiger partial charge in [-0.3, -0.25) is 14.9 Å². The van der Waals surface area contributed by atoms with Crippen LogP contribution < -0.4 is 4.74 Å². The second kappa shape index (κ2) is 9.07. The second-order valence-corrected chi connectivity index (χ2v) is 9.62. The first-order valence-corrected chi connectivity index (χ1v) is 11.3. The Morgan fingerprint density at radius 2 is 1.77 bits per heavy atom. The second-order valence-electron chi connectivity index (χ2n) is 6.52. The fourth-order valence-electron chi connectivity index (χ4n) is 3.03. The molecule has 1 saturated heterocycles. The largest absolute Gasteiger partial charge is 0.425 e. The third kappa shape index (κ3) is 4.70. The SMILES string of the molecule is O=C(Oc1cccc(Cl)c1Cl)C1CCN(S(=O)(=O)c2cc([N+](=O)[O-])ccc2Cl)CC1. The van der Waals surface area contributed by atoms with Gasteiger partial charge in [-0.2, -0.15) is 4.31 Å². The van der Waals surface area contributed by atoms with E-state index >= 15 is 0 Å². The molecule has 3 rings (SSSR count). The summed E-state index contributed by atoms with van der Waals surface area (Å²) >= 11 is 17.9. The molecule has 30 heavy (non-hydrogen) atoms. The lowest BCUT2D eigenvalue weighted by molar-refractivity contribution is -0.385. The molecule has 0 amide bonds. The Kier molecular flexibility index (Phi) is 6.88. The van der Waals surface area contributed by atoms with Gasteiger partial charge in [0.25, 0.3) is 5.69 Å². The van der Waals surface area contributed by atoms with Crippen LogP contribution in [0.3, 0.4) is 0 Å². The normalized spacial score (nSPS) is 15.7. The highest BCUT2D eigenvalue weighted by molar-refractivity contribution is 7.89. The van der Waals surface area contributed by atoms with Crippen molar-refractivity contribution < 1.29 is 22.9 Å². The number of halogens is 3. The van der Waals surface area contributed by atoms with E-state index in [1.165, 1.54) is 12.1 Å². The van der Waals surface area contributed by atoms with Crippen molar-refractivity contribution in [2.24, 2.45) is 5.92 Å². The zero-order valence-electron chi connectivity index (χ0n) is 15.3. The maximum absolute atomic E-state index is 12.9. The van der Waals surface area contributed by atoms with E-state index in [0.29, 0.717) is 0 Å². The van der Waals surface area contributed by atoms with Crippen LogP contribution in [0.5, 0.6) is 5.75 Å². The number of rotatable bonds is 5. The summed E-state index contributed by atoms with van der Waals surface area (Å²) in [6.45, 7) is 0.0643. The molecule has 2 aromatic carbocycles. The van der Waals surface area contributed by atoms with Crippen molar-refractivity contribution in [2.45, 2.75) is 17.7 Å². The number of hydrogen-bond donors (Lipinski definition) is 0. The van der Waals surface area contributed by atoms with Gasteiger partial charge in [-0.15, -0.1) is 0 Å². The summed E-state index contributed by atoms with van der Waals surface area (Å²) in [6.07, 6.45) is 0.422. The van der Waals surface area contributed by atoms with Gasteiger partial charge in [-0.1, -0.05) is 40.9 Å². The number of nitrogens with zero attached hydrogens (tertiary/aromatic N) is 2. The lowest BCUT2D eigenvalue weighted by Gasteiger charge is -2.30. The molecule has 1 aliphatic rings. The molecule has 0 bridgehead atoms. The standard InChI is InChI=1S/C18H15Cl3N2O6S/c19-13-5-4-12(23(25)26)10-16(13)30(27,28)22-8-6-11(7-9-22)18(24)29-15-3-1-2-14(20)17(15)21/h1-5,10-11H,6-9H2. The third-order valence-corrected chi connectivity index (χ3v) is 7.84. The van der Waals surface area contributed by atoms with Crippen LogP contribution in [0.4, 0.5) is 5.69 Å². The molecule has 8 nitrogen and oxygen atoms in total. The zero-order valence-corrected chi connectivity index (χ0v) is 18.3. The Morgan fingerprint density at radius 1 is 1.10 bits per heavy atom. The van der Waals surface area contributed by atoms with E-state index in [1.54, 1.807) is 12.1 Å². The van der Waals surface area contributed by atoms with Crippen molar-refractivity contribution in [1.82, 2.24) is 4.31 Å². The highest BCUT2D eigenvalue weighted by atomic mass is 35.5. The van der Waals surface area contributed by atoms with Crippen LogP contribution in [-0.2, 0) is 14.8 Å². The molecule has 0 aromatic heterocycles. The number of nitro groups is 1. The van der Waals surface area contributed by atoms with Gasteiger partial charge in [-0.05, 0) is 31.0 Å². The monoisotopic (exact) mass is 492 g/mol. The molecule has 12 heteroatoms. The predicted octanol–water partition coefficient (Wildman–Crippen LogP) is 4.56. The summed E-state index contributed by atoms with van der Waals surface area (Å²) in [4.78, 5) is 22.4. The van der Waals surface area contributed by atoms with Gasteiger partial charge < -0.3 is 4.74 Å². The average molecular weight is 494 g/mol. The number of ether oxygens (including phenoxy) is 1. The number of hydrogen-bond acceptors (Lipinski definition) is 6. The Bertz CT molecular complexity index is 1100. The maximum Gasteiger partial charge on any atom is 0.314 e. The van der Waals surface area contributed by atoms with Crippen LogP contribution in [0.2, 0.25) is 15.1 Å². The number of nitro benzene ring substituents is 1. The van der Waals surface area contributed by atoms with Crippen molar-refractivity contribution in [2.75, 3.05) is 13.1 Å². The van der Waals surface area contributed by atoms with Crippen LogP contribution in [-0.4, -0.2) is 36.7 Å². The van der Waals surface area contributed by atoms with Crippen molar-refractivity contribution in [3.05, 3.63) is 61.6 Å². The molecule has 0 aliphatic carbocycles. The Labute approximate surface area is 187 Å². The van der Waals surface area contributed by atoms with Crippen LogP contribution in [0, 0.1) is 16.0 Å². The van der Waals surface area contributed by atoms with Crippen LogP contribution >= 0.6 is 34.8 Å². The van der Waals surface area contributed by atoms with E-state index in [1.807, 2.05) is 0 Å². The van der Waals surface area contributed by atoms with Crippen molar-refractivity contribution >= 4 is 56.5 Å². The average Bonchev–Trinajstić information content (AvgIpc) is 2.71. The topological polar surface area (TPSA) is 107 Å². The van der Waals surface area contributed by atoms with Crippen LogP contribution in [0.1, 0.15) is 12.8 Å². The number of benzene rings is 2. The van der Waals surface area contributed by atoms with Crippen molar-refractivity contribution in [3.63, 3.8) is 0 Å². The Hall–Kier alpha value is -1.91. The summed E-state index contributed by atoms with van der Waals surface area (Å²) in [5, 5.41) is 11.2. The summed E-state index contributed by atoms with van der Waals surface area (Å²) in [6, 6.07) is 7.89. The highest BCUT2D eigenvalue weighted by Crippen LogP contribution is 2.34. The smallest absolute Gasteiger partial charge is 0.314 e. The van der Waals surface area contributed by atoms with E-state index in [2.05, 4.69) is 0 Å². The quantitative estimate of drug-likeness (QED) is 0.261. The zero-order chi connectivity index (χ0) is 22.1. The number of carbonyl (C=O) groups excluding carboxylic acids is 1.